The molecule has 0 aliphatic carbocycles. The second kappa shape index (κ2) is 58.6. The SMILES string of the molecule is CC/C=C\C/C=C\C/C=C\C/C=C\C/C=C\C/C=C\CCCCCCCCC(=O)OCC(COC(=O)CCCCC/C=C\C/C=C\C/C=C\CC)OC(=O)CCCCCCCCCCCCCCCCC. The molecule has 6 heteroatoms. The second-order valence-corrected chi connectivity index (χ2v) is 19.1. The summed E-state index contributed by atoms with van der Waals surface area (Å²) in [6.07, 6.45) is 79.4. The molecular weight excluding hydrogens is 877 g/mol. The smallest absolute Gasteiger partial charge is 0.306 e. The molecule has 0 aromatic carbocycles. The molecule has 0 fully saturated rings. The zero-order valence-corrected chi connectivity index (χ0v) is 46.2. The van der Waals surface area contributed by atoms with Gasteiger partial charge in [0.25, 0.3) is 0 Å². The number of unbranched alkanes of at least 4 members (excludes halogenated alkanes) is 23. The fraction of sp³-hybridized carbons (Fsp3) is 0.677. The third-order valence-electron chi connectivity index (χ3n) is 12.3. The van der Waals surface area contributed by atoms with Crippen molar-refractivity contribution in [3.05, 3.63) is 109 Å². The van der Waals surface area contributed by atoms with Gasteiger partial charge in [0.2, 0.25) is 0 Å². The molecule has 0 aliphatic heterocycles. The van der Waals surface area contributed by atoms with Gasteiger partial charge in [0.15, 0.2) is 6.10 Å². The Labute approximate surface area is 438 Å². The molecule has 0 aromatic heterocycles. The highest BCUT2D eigenvalue weighted by atomic mass is 16.6. The van der Waals surface area contributed by atoms with E-state index in [1.165, 1.54) is 89.9 Å². The van der Waals surface area contributed by atoms with Crippen molar-refractivity contribution in [3.63, 3.8) is 0 Å². The van der Waals surface area contributed by atoms with Crippen molar-refractivity contribution in [2.24, 2.45) is 0 Å². The summed E-state index contributed by atoms with van der Waals surface area (Å²) in [5.74, 6) is -0.934. The van der Waals surface area contributed by atoms with Crippen LogP contribution in [0.25, 0.3) is 0 Å². The molecule has 0 saturated carbocycles. The molecule has 1 atom stereocenters. The fourth-order valence-electron chi connectivity index (χ4n) is 7.93. The van der Waals surface area contributed by atoms with E-state index in [0.29, 0.717) is 19.3 Å². The Morgan fingerprint density at radius 1 is 0.296 bits per heavy atom. The molecule has 0 spiro atoms. The third-order valence-corrected chi connectivity index (χ3v) is 12.3. The molecule has 0 bridgehead atoms. The van der Waals surface area contributed by atoms with Gasteiger partial charge in [0.05, 0.1) is 0 Å². The number of allylic oxidation sites excluding steroid dienone is 18. The van der Waals surface area contributed by atoms with Crippen LogP contribution in [0.1, 0.15) is 265 Å². The van der Waals surface area contributed by atoms with E-state index in [-0.39, 0.29) is 31.1 Å². The van der Waals surface area contributed by atoms with Gasteiger partial charge in [-0.1, -0.05) is 252 Å². The predicted molar refractivity (Wildman–Crippen MR) is 307 cm³/mol. The van der Waals surface area contributed by atoms with E-state index in [4.69, 9.17) is 14.2 Å². The van der Waals surface area contributed by atoms with Crippen LogP contribution in [0.15, 0.2) is 109 Å². The largest absolute Gasteiger partial charge is 0.462 e. The maximum atomic E-state index is 12.9. The first kappa shape index (κ1) is 67.1. The van der Waals surface area contributed by atoms with E-state index in [0.717, 1.165) is 135 Å². The van der Waals surface area contributed by atoms with Crippen LogP contribution >= 0.6 is 0 Å². The van der Waals surface area contributed by atoms with Gasteiger partial charge < -0.3 is 14.2 Å². The topological polar surface area (TPSA) is 78.9 Å². The van der Waals surface area contributed by atoms with Gasteiger partial charge in [-0.05, 0) is 103 Å². The number of esters is 3. The number of rotatable bonds is 52. The quantitative estimate of drug-likeness (QED) is 0.0261. The summed E-state index contributed by atoms with van der Waals surface area (Å²) in [5.41, 5.74) is 0. The average Bonchev–Trinajstić information content (AvgIpc) is 3.37. The Kier molecular flexibility index (Phi) is 55.4. The molecule has 404 valence electrons. The van der Waals surface area contributed by atoms with Crippen LogP contribution in [0.2, 0.25) is 0 Å². The molecule has 71 heavy (non-hydrogen) atoms. The third kappa shape index (κ3) is 56.9. The summed E-state index contributed by atoms with van der Waals surface area (Å²) in [6, 6.07) is 0. The lowest BCUT2D eigenvalue weighted by Gasteiger charge is -2.18. The highest BCUT2D eigenvalue weighted by Crippen LogP contribution is 2.15. The van der Waals surface area contributed by atoms with Crippen molar-refractivity contribution in [3.8, 4) is 0 Å². The maximum Gasteiger partial charge on any atom is 0.306 e. The Balaban J connectivity index is 4.38. The van der Waals surface area contributed by atoms with Gasteiger partial charge >= 0.3 is 17.9 Å². The van der Waals surface area contributed by atoms with Gasteiger partial charge in [-0.2, -0.15) is 0 Å². The molecule has 0 radical (unpaired) electrons. The van der Waals surface area contributed by atoms with Crippen molar-refractivity contribution in [1.82, 2.24) is 0 Å². The summed E-state index contributed by atoms with van der Waals surface area (Å²) in [4.78, 5) is 38.2. The highest BCUT2D eigenvalue weighted by molar-refractivity contribution is 5.71. The number of ether oxygens (including phenoxy) is 3. The minimum Gasteiger partial charge on any atom is -0.462 e. The van der Waals surface area contributed by atoms with Crippen LogP contribution in [0.3, 0.4) is 0 Å². The Morgan fingerprint density at radius 2 is 0.549 bits per heavy atom. The summed E-state index contributed by atoms with van der Waals surface area (Å²) in [6.45, 7) is 6.38. The van der Waals surface area contributed by atoms with E-state index in [9.17, 15) is 14.4 Å². The molecule has 6 nitrogen and oxygen atoms in total. The van der Waals surface area contributed by atoms with E-state index < -0.39 is 6.10 Å². The van der Waals surface area contributed by atoms with Gasteiger partial charge in [0.1, 0.15) is 13.2 Å². The molecule has 1 unspecified atom stereocenters. The molecule has 0 heterocycles. The van der Waals surface area contributed by atoms with Crippen molar-refractivity contribution in [1.29, 1.82) is 0 Å². The zero-order chi connectivity index (χ0) is 51.4. The monoisotopic (exact) mass is 985 g/mol. The minimum absolute atomic E-state index is 0.0950. The Hall–Kier alpha value is -3.93. The van der Waals surface area contributed by atoms with E-state index in [1.807, 2.05) is 0 Å². The van der Waals surface area contributed by atoms with Crippen LogP contribution in [0.5, 0.6) is 0 Å². The van der Waals surface area contributed by atoms with Crippen LogP contribution in [0.4, 0.5) is 0 Å². The van der Waals surface area contributed by atoms with Gasteiger partial charge in [0, 0.05) is 19.3 Å². The highest BCUT2D eigenvalue weighted by Gasteiger charge is 2.19. The fourth-order valence-corrected chi connectivity index (χ4v) is 7.93. The zero-order valence-electron chi connectivity index (χ0n) is 46.2. The lowest BCUT2D eigenvalue weighted by atomic mass is 10.0. The summed E-state index contributed by atoms with van der Waals surface area (Å²) >= 11 is 0. The average molecular weight is 986 g/mol. The van der Waals surface area contributed by atoms with Crippen molar-refractivity contribution >= 4 is 17.9 Å². The van der Waals surface area contributed by atoms with E-state index >= 15 is 0 Å². The maximum absolute atomic E-state index is 12.9. The van der Waals surface area contributed by atoms with Crippen LogP contribution in [-0.4, -0.2) is 37.2 Å². The number of carbonyl (C=O) groups excluding carboxylic acids is 3. The van der Waals surface area contributed by atoms with E-state index in [2.05, 4.69) is 130 Å². The first-order chi connectivity index (χ1) is 35.0. The standard InChI is InChI=1S/C65H108O6/c1-4-7-10-13-16-19-22-25-27-28-29-30-31-32-33-34-35-36-38-40-43-46-49-52-55-58-64(67)70-61-62(60-69-63(66)57-54-51-48-45-42-39-24-21-18-15-12-9-6-3)71-65(68)59-56-53-50-47-44-41-37-26-23-20-17-14-11-8-5-2/h7,9-10,12,16,18-19,21,25,27,29-30,32-33,35-36,39,42,62H,4-6,8,11,13-15,17,20,22-24,26,28,31,34,37-38,40-41,43-61H2,1-3H3/b10-7-,12-9-,19-16-,21-18-,27-25-,30-29-,33-32-,36-35-,42-39-. The minimum atomic E-state index is -0.797. The molecule has 0 aliphatic rings. The molecule has 0 saturated heterocycles. The molecule has 0 N–H and O–H groups in total. The first-order valence-electron chi connectivity index (χ1n) is 29.4. The second-order valence-electron chi connectivity index (χ2n) is 19.1. The van der Waals surface area contributed by atoms with E-state index in [1.54, 1.807) is 0 Å². The van der Waals surface area contributed by atoms with Crippen LogP contribution < -0.4 is 0 Å². The van der Waals surface area contributed by atoms with Gasteiger partial charge in [-0.3, -0.25) is 14.4 Å². The Bertz CT molecular complexity index is 1460. The first-order valence-corrected chi connectivity index (χ1v) is 29.4. The number of hydrogen-bond donors (Lipinski definition) is 0. The molecule has 0 rings (SSSR count). The van der Waals surface area contributed by atoms with Crippen LogP contribution in [-0.2, 0) is 28.6 Å². The summed E-state index contributed by atoms with van der Waals surface area (Å²) in [7, 11) is 0. The number of hydrogen-bond acceptors (Lipinski definition) is 6. The van der Waals surface area contributed by atoms with Crippen molar-refractivity contribution in [2.45, 2.75) is 271 Å². The van der Waals surface area contributed by atoms with Gasteiger partial charge in [-0.25, -0.2) is 0 Å². The lowest BCUT2D eigenvalue weighted by Crippen LogP contribution is -2.30. The predicted octanol–water partition coefficient (Wildman–Crippen LogP) is 19.9. The summed E-state index contributed by atoms with van der Waals surface area (Å²) in [5, 5.41) is 0. The molecule has 0 aromatic rings. The lowest BCUT2D eigenvalue weighted by molar-refractivity contribution is -0.167. The molecule has 0 amide bonds. The van der Waals surface area contributed by atoms with Gasteiger partial charge in [-0.15, -0.1) is 0 Å². The Morgan fingerprint density at radius 3 is 0.873 bits per heavy atom. The normalized spacial score (nSPS) is 12.9. The van der Waals surface area contributed by atoms with Crippen molar-refractivity contribution in [2.75, 3.05) is 13.2 Å². The molecular formula is C65H108O6. The number of carbonyl (C=O) groups is 3. The van der Waals surface area contributed by atoms with Crippen molar-refractivity contribution < 1.29 is 28.6 Å². The summed E-state index contributed by atoms with van der Waals surface area (Å²) < 4.78 is 16.8. The van der Waals surface area contributed by atoms with Crippen LogP contribution in [0, 0.1) is 0 Å².